The molecular formula is C12H17N3O4. The number of benzene rings is 1. The highest BCUT2D eigenvalue weighted by Crippen LogP contribution is 2.18. The van der Waals surface area contributed by atoms with Gasteiger partial charge in [-0.3, -0.25) is 15.0 Å². The standard InChI is InChI=1S/C12H17N3O4/c1-8(16)14-9-4-3-5-10(6-9)19-11(7-18-2)12(17)15-13/h3-6,11H,7,13H2,1-2H3,(H,14,16)(H,15,17). The van der Waals surface area contributed by atoms with Gasteiger partial charge in [-0.2, -0.15) is 0 Å². The predicted molar refractivity (Wildman–Crippen MR) is 69.4 cm³/mol. The number of amides is 2. The van der Waals surface area contributed by atoms with E-state index in [0.29, 0.717) is 11.4 Å². The Labute approximate surface area is 111 Å². The Balaban J connectivity index is 2.78. The molecule has 0 aliphatic heterocycles. The second kappa shape index (κ2) is 7.34. The minimum Gasteiger partial charge on any atom is -0.478 e. The lowest BCUT2D eigenvalue weighted by Crippen LogP contribution is -2.44. The van der Waals surface area contributed by atoms with Gasteiger partial charge in [-0.05, 0) is 12.1 Å². The topological polar surface area (TPSA) is 103 Å². The number of hydrazine groups is 1. The summed E-state index contributed by atoms with van der Waals surface area (Å²) in [7, 11) is 1.45. The van der Waals surface area contributed by atoms with Crippen LogP contribution in [0.25, 0.3) is 0 Å². The van der Waals surface area contributed by atoms with Crippen LogP contribution in [0.15, 0.2) is 24.3 Å². The monoisotopic (exact) mass is 267 g/mol. The Kier molecular flexibility index (Phi) is 5.77. The van der Waals surface area contributed by atoms with Gasteiger partial charge in [0.2, 0.25) is 12.0 Å². The third-order valence-electron chi connectivity index (χ3n) is 2.19. The van der Waals surface area contributed by atoms with Crippen molar-refractivity contribution < 1.29 is 19.1 Å². The van der Waals surface area contributed by atoms with E-state index in [4.69, 9.17) is 15.3 Å². The van der Waals surface area contributed by atoms with Gasteiger partial charge in [0.25, 0.3) is 5.91 Å². The first kappa shape index (κ1) is 14.9. The molecule has 19 heavy (non-hydrogen) atoms. The Morgan fingerprint density at radius 3 is 2.74 bits per heavy atom. The number of carbonyl (C=O) groups excluding carboxylic acids is 2. The van der Waals surface area contributed by atoms with E-state index < -0.39 is 12.0 Å². The fraction of sp³-hybridized carbons (Fsp3) is 0.333. The highest BCUT2D eigenvalue weighted by Gasteiger charge is 2.19. The van der Waals surface area contributed by atoms with Crippen molar-refractivity contribution in [3.05, 3.63) is 24.3 Å². The molecule has 0 saturated heterocycles. The normalized spacial score (nSPS) is 11.5. The highest BCUT2D eigenvalue weighted by atomic mass is 16.5. The molecule has 0 fully saturated rings. The molecule has 0 aliphatic carbocycles. The zero-order chi connectivity index (χ0) is 14.3. The summed E-state index contributed by atoms with van der Waals surface area (Å²) in [5.74, 6) is 4.80. The molecule has 0 aromatic heterocycles. The lowest BCUT2D eigenvalue weighted by molar-refractivity contribution is -0.130. The summed E-state index contributed by atoms with van der Waals surface area (Å²) in [5.41, 5.74) is 2.58. The summed E-state index contributed by atoms with van der Waals surface area (Å²) in [5, 5.41) is 2.62. The summed E-state index contributed by atoms with van der Waals surface area (Å²) in [4.78, 5) is 22.4. The molecule has 0 saturated carbocycles. The van der Waals surface area contributed by atoms with Gasteiger partial charge in [-0.1, -0.05) is 6.07 Å². The molecular weight excluding hydrogens is 250 g/mol. The van der Waals surface area contributed by atoms with Gasteiger partial charge in [-0.25, -0.2) is 5.84 Å². The molecule has 1 aromatic rings. The summed E-state index contributed by atoms with van der Waals surface area (Å²) < 4.78 is 10.3. The van der Waals surface area contributed by atoms with Crippen LogP contribution in [0.4, 0.5) is 5.69 Å². The number of hydrogen-bond donors (Lipinski definition) is 3. The summed E-state index contributed by atoms with van der Waals surface area (Å²) in [6.07, 6.45) is -0.859. The van der Waals surface area contributed by atoms with E-state index in [-0.39, 0.29) is 12.5 Å². The van der Waals surface area contributed by atoms with E-state index in [1.807, 2.05) is 5.43 Å². The SMILES string of the molecule is COCC(Oc1cccc(NC(C)=O)c1)C(=O)NN. The van der Waals surface area contributed by atoms with Crippen LogP contribution in [0, 0.1) is 0 Å². The van der Waals surface area contributed by atoms with Gasteiger partial charge in [-0.15, -0.1) is 0 Å². The molecule has 1 aromatic carbocycles. The molecule has 0 radical (unpaired) electrons. The van der Waals surface area contributed by atoms with E-state index in [9.17, 15) is 9.59 Å². The van der Waals surface area contributed by atoms with Crippen LogP contribution in [-0.2, 0) is 14.3 Å². The maximum absolute atomic E-state index is 11.5. The Morgan fingerprint density at radius 2 is 2.16 bits per heavy atom. The van der Waals surface area contributed by atoms with Crippen LogP contribution in [0.1, 0.15) is 6.92 Å². The van der Waals surface area contributed by atoms with Crippen molar-refractivity contribution in [2.45, 2.75) is 13.0 Å². The second-order valence-electron chi connectivity index (χ2n) is 3.78. The molecule has 7 nitrogen and oxygen atoms in total. The van der Waals surface area contributed by atoms with Crippen LogP contribution in [0.5, 0.6) is 5.75 Å². The van der Waals surface area contributed by atoms with Crippen LogP contribution in [0.3, 0.4) is 0 Å². The third kappa shape index (κ3) is 4.94. The molecule has 1 atom stereocenters. The number of nitrogens with one attached hydrogen (secondary N) is 2. The first-order valence-electron chi connectivity index (χ1n) is 5.60. The smallest absolute Gasteiger partial charge is 0.277 e. The fourth-order valence-corrected chi connectivity index (χ4v) is 1.42. The number of methoxy groups -OCH3 is 1. The summed E-state index contributed by atoms with van der Waals surface area (Å²) in [6, 6.07) is 6.68. The van der Waals surface area contributed by atoms with Gasteiger partial charge in [0.1, 0.15) is 5.75 Å². The molecule has 7 heteroatoms. The molecule has 0 bridgehead atoms. The number of ether oxygens (including phenoxy) is 2. The maximum Gasteiger partial charge on any atom is 0.277 e. The van der Waals surface area contributed by atoms with Crippen molar-refractivity contribution in [3.63, 3.8) is 0 Å². The van der Waals surface area contributed by atoms with Crippen molar-refractivity contribution in [2.75, 3.05) is 19.0 Å². The van der Waals surface area contributed by atoms with Crippen molar-refractivity contribution >= 4 is 17.5 Å². The van der Waals surface area contributed by atoms with E-state index in [1.165, 1.54) is 14.0 Å². The largest absolute Gasteiger partial charge is 0.478 e. The number of anilines is 1. The third-order valence-corrected chi connectivity index (χ3v) is 2.19. The number of hydrogen-bond acceptors (Lipinski definition) is 5. The average Bonchev–Trinajstić information content (AvgIpc) is 2.37. The lowest BCUT2D eigenvalue weighted by Gasteiger charge is -2.17. The highest BCUT2D eigenvalue weighted by molar-refractivity contribution is 5.88. The predicted octanol–water partition coefficient (Wildman–Crippen LogP) is 0.0287. The van der Waals surface area contributed by atoms with Gasteiger partial charge in [0, 0.05) is 25.8 Å². The molecule has 4 N–H and O–H groups in total. The van der Waals surface area contributed by atoms with Crippen molar-refractivity contribution in [3.8, 4) is 5.75 Å². The van der Waals surface area contributed by atoms with Crippen molar-refractivity contribution in [2.24, 2.45) is 5.84 Å². The molecule has 0 aliphatic rings. The van der Waals surface area contributed by atoms with Crippen LogP contribution in [-0.4, -0.2) is 31.6 Å². The van der Waals surface area contributed by atoms with Gasteiger partial charge < -0.3 is 14.8 Å². The maximum atomic E-state index is 11.5. The van der Waals surface area contributed by atoms with E-state index in [0.717, 1.165) is 0 Å². The zero-order valence-electron chi connectivity index (χ0n) is 10.8. The Hall–Kier alpha value is -2.12. The molecule has 104 valence electrons. The second-order valence-corrected chi connectivity index (χ2v) is 3.78. The summed E-state index contributed by atoms with van der Waals surface area (Å²) >= 11 is 0. The van der Waals surface area contributed by atoms with E-state index in [2.05, 4.69) is 5.32 Å². The van der Waals surface area contributed by atoms with Gasteiger partial charge in [0.15, 0.2) is 0 Å². The van der Waals surface area contributed by atoms with Crippen molar-refractivity contribution in [1.82, 2.24) is 5.43 Å². The molecule has 0 spiro atoms. The zero-order valence-corrected chi connectivity index (χ0v) is 10.8. The molecule has 1 rings (SSSR count). The average molecular weight is 267 g/mol. The number of carbonyl (C=O) groups is 2. The molecule has 2 amide bonds. The number of nitrogens with two attached hydrogens (primary N) is 1. The minimum atomic E-state index is -0.859. The summed E-state index contributed by atoms with van der Waals surface area (Å²) in [6.45, 7) is 1.47. The van der Waals surface area contributed by atoms with Crippen molar-refractivity contribution in [1.29, 1.82) is 0 Å². The van der Waals surface area contributed by atoms with E-state index in [1.54, 1.807) is 24.3 Å². The first-order valence-corrected chi connectivity index (χ1v) is 5.60. The van der Waals surface area contributed by atoms with Gasteiger partial charge in [0.05, 0.1) is 6.61 Å². The van der Waals surface area contributed by atoms with E-state index >= 15 is 0 Å². The quantitative estimate of drug-likeness (QED) is 0.383. The Morgan fingerprint density at radius 1 is 1.42 bits per heavy atom. The number of rotatable bonds is 6. The fourth-order valence-electron chi connectivity index (χ4n) is 1.42. The Bertz CT molecular complexity index is 450. The molecule has 0 heterocycles. The van der Waals surface area contributed by atoms with Crippen LogP contribution in [0.2, 0.25) is 0 Å². The molecule has 1 unspecified atom stereocenters. The lowest BCUT2D eigenvalue weighted by atomic mass is 10.3. The van der Waals surface area contributed by atoms with Gasteiger partial charge >= 0.3 is 0 Å². The first-order chi connectivity index (χ1) is 9.06. The van der Waals surface area contributed by atoms with Crippen LogP contribution < -0.4 is 21.3 Å². The minimum absolute atomic E-state index is 0.0629. The van der Waals surface area contributed by atoms with Crippen LogP contribution >= 0.6 is 0 Å².